The SMILES string of the molecule is CN[SiH](OC)N(C1CCCCC1)[Si](C)(C)C. The quantitative estimate of drug-likeness (QED) is 0.766. The van der Waals surface area contributed by atoms with Crippen molar-refractivity contribution in [2.45, 2.75) is 57.8 Å². The minimum Gasteiger partial charge on any atom is -0.398 e. The zero-order valence-electron chi connectivity index (χ0n) is 11.5. The van der Waals surface area contributed by atoms with Gasteiger partial charge in [0.15, 0.2) is 0 Å². The Morgan fingerprint density at radius 2 is 1.75 bits per heavy atom. The van der Waals surface area contributed by atoms with Gasteiger partial charge in [-0.1, -0.05) is 38.9 Å². The summed E-state index contributed by atoms with van der Waals surface area (Å²) in [5.41, 5.74) is 0. The van der Waals surface area contributed by atoms with Crippen LogP contribution in [-0.4, -0.2) is 42.0 Å². The van der Waals surface area contributed by atoms with Gasteiger partial charge in [0.25, 0.3) is 0 Å². The molecule has 0 spiro atoms. The van der Waals surface area contributed by atoms with Crippen LogP contribution in [0.5, 0.6) is 0 Å². The predicted octanol–water partition coefficient (Wildman–Crippen LogP) is 2.04. The maximum Gasteiger partial charge on any atom is 0.330 e. The van der Waals surface area contributed by atoms with E-state index in [1.54, 1.807) is 0 Å². The van der Waals surface area contributed by atoms with Gasteiger partial charge in [0.1, 0.15) is 8.24 Å². The molecule has 0 radical (unpaired) electrons. The molecule has 96 valence electrons. The topological polar surface area (TPSA) is 24.5 Å². The molecule has 1 unspecified atom stereocenters. The highest BCUT2D eigenvalue weighted by Gasteiger charge is 2.37. The second-order valence-corrected chi connectivity index (χ2v) is 13.4. The average molecular weight is 261 g/mol. The molecule has 0 aromatic carbocycles. The zero-order valence-corrected chi connectivity index (χ0v) is 13.7. The van der Waals surface area contributed by atoms with Crippen molar-refractivity contribution >= 4 is 17.6 Å². The van der Waals surface area contributed by atoms with E-state index >= 15 is 0 Å². The maximum absolute atomic E-state index is 5.73. The van der Waals surface area contributed by atoms with E-state index in [0.29, 0.717) is 0 Å². The van der Waals surface area contributed by atoms with E-state index in [1.807, 2.05) is 7.11 Å². The zero-order chi connectivity index (χ0) is 12.2. The van der Waals surface area contributed by atoms with Crippen molar-refractivity contribution in [1.29, 1.82) is 0 Å². The largest absolute Gasteiger partial charge is 0.398 e. The summed E-state index contributed by atoms with van der Waals surface area (Å²) in [7, 11) is 1.28. The molecule has 0 aromatic rings. The normalized spacial score (nSPS) is 21.4. The van der Waals surface area contributed by atoms with Crippen LogP contribution in [0.2, 0.25) is 19.6 Å². The van der Waals surface area contributed by atoms with Gasteiger partial charge in [-0.25, -0.2) is 0 Å². The lowest BCUT2D eigenvalue weighted by Gasteiger charge is -2.45. The molecule has 3 nitrogen and oxygen atoms in total. The third-order valence-electron chi connectivity index (χ3n) is 3.47. The molecule has 0 aromatic heterocycles. The molecule has 1 aliphatic rings. The van der Waals surface area contributed by atoms with Crippen LogP contribution < -0.4 is 4.98 Å². The second kappa shape index (κ2) is 6.30. The van der Waals surface area contributed by atoms with Crippen molar-refractivity contribution < 1.29 is 4.43 Å². The van der Waals surface area contributed by atoms with Crippen molar-refractivity contribution in [1.82, 2.24) is 9.21 Å². The number of nitrogens with one attached hydrogen (secondary N) is 1. The standard InChI is InChI=1S/C11H28N2OSi2/c1-12-15(14-2)13(16(3,4)5)11-9-7-6-8-10-11/h11-12,15H,6-10H2,1-5H3. The minimum absolute atomic E-state index is 0.782. The number of nitrogens with zero attached hydrogens (tertiary/aromatic N) is 1. The van der Waals surface area contributed by atoms with E-state index < -0.39 is 17.6 Å². The molecule has 1 rings (SSSR count). The summed E-state index contributed by atoms with van der Waals surface area (Å²) in [6, 6.07) is 0.782. The molecule has 1 aliphatic carbocycles. The molecular formula is C11H28N2OSi2. The van der Waals surface area contributed by atoms with Crippen molar-refractivity contribution in [3.63, 3.8) is 0 Å². The number of hydrogen-bond acceptors (Lipinski definition) is 3. The Labute approximate surface area is 104 Å². The van der Waals surface area contributed by atoms with E-state index in [9.17, 15) is 0 Å². The third-order valence-corrected chi connectivity index (χ3v) is 10.3. The van der Waals surface area contributed by atoms with Gasteiger partial charge in [0.05, 0.1) is 0 Å². The molecule has 16 heavy (non-hydrogen) atoms. The molecule has 1 atom stereocenters. The van der Waals surface area contributed by atoms with Crippen LogP contribution in [-0.2, 0) is 4.43 Å². The van der Waals surface area contributed by atoms with Gasteiger partial charge in [-0.2, -0.15) is 0 Å². The summed E-state index contributed by atoms with van der Waals surface area (Å²) in [4.78, 5) is 3.43. The Hall–Kier alpha value is 0.314. The van der Waals surface area contributed by atoms with E-state index in [-0.39, 0.29) is 0 Å². The van der Waals surface area contributed by atoms with Crippen LogP contribution in [0.4, 0.5) is 0 Å². The summed E-state index contributed by atoms with van der Waals surface area (Å²) in [5, 5.41) is 0. The molecule has 1 saturated carbocycles. The van der Waals surface area contributed by atoms with E-state index in [4.69, 9.17) is 4.43 Å². The molecule has 1 N–H and O–H groups in total. The maximum atomic E-state index is 5.73. The summed E-state index contributed by atoms with van der Waals surface area (Å²) in [6.07, 6.45) is 6.98. The molecule has 5 heteroatoms. The van der Waals surface area contributed by atoms with E-state index in [1.165, 1.54) is 32.1 Å². The first-order chi connectivity index (χ1) is 7.50. The monoisotopic (exact) mass is 260 g/mol. The molecule has 0 amide bonds. The second-order valence-electron chi connectivity index (χ2n) is 5.75. The smallest absolute Gasteiger partial charge is 0.330 e. The van der Waals surface area contributed by atoms with Gasteiger partial charge >= 0.3 is 9.36 Å². The van der Waals surface area contributed by atoms with Crippen LogP contribution in [0, 0.1) is 0 Å². The molecular weight excluding hydrogens is 232 g/mol. The van der Waals surface area contributed by atoms with Crippen molar-refractivity contribution in [2.75, 3.05) is 14.2 Å². The average Bonchev–Trinajstić information content (AvgIpc) is 2.25. The number of hydrogen-bond donors (Lipinski definition) is 1. The first-order valence-electron chi connectivity index (χ1n) is 6.49. The Kier molecular flexibility index (Phi) is 5.66. The summed E-state index contributed by atoms with van der Waals surface area (Å²) in [5.74, 6) is 0. The fourth-order valence-corrected chi connectivity index (χ4v) is 9.11. The van der Waals surface area contributed by atoms with Gasteiger partial charge in [-0.15, -0.1) is 0 Å². The van der Waals surface area contributed by atoms with Crippen LogP contribution >= 0.6 is 0 Å². The van der Waals surface area contributed by atoms with Crippen LogP contribution in [0.1, 0.15) is 32.1 Å². The fourth-order valence-electron chi connectivity index (χ4n) is 2.82. The van der Waals surface area contributed by atoms with Gasteiger partial charge in [-0.05, 0) is 25.9 Å². The van der Waals surface area contributed by atoms with Crippen molar-refractivity contribution in [3.05, 3.63) is 0 Å². The molecule has 0 bridgehead atoms. The predicted molar refractivity (Wildman–Crippen MR) is 75.3 cm³/mol. The molecule has 0 aliphatic heterocycles. The lowest BCUT2D eigenvalue weighted by molar-refractivity contribution is 0.275. The summed E-state index contributed by atoms with van der Waals surface area (Å²) in [6.45, 7) is 7.33. The van der Waals surface area contributed by atoms with E-state index in [0.717, 1.165) is 6.04 Å². The third kappa shape index (κ3) is 3.66. The van der Waals surface area contributed by atoms with Crippen LogP contribution in [0.3, 0.4) is 0 Å². The Bertz CT molecular complexity index is 199. The van der Waals surface area contributed by atoms with Crippen molar-refractivity contribution in [2.24, 2.45) is 0 Å². The highest BCUT2D eigenvalue weighted by Crippen LogP contribution is 2.27. The Morgan fingerprint density at radius 3 is 2.12 bits per heavy atom. The van der Waals surface area contributed by atoms with Crippen LogP contribution in [0.15, 0.2) is 0 Å². The lowest BCUT2D eigenvalue weighted by atomic mass is 9.96. The van der Waals surface area contributed by atoms with E-state index in [2.05, 4.69) is 35.9 Å². The minimum atomic E-state index is -1.36. The van der Waals surface area contributed by atoms with Crippen LogP contribution in [0.25, 0.3) is 0 Å². The highest BCUT2D eigenvalue weighted by atomic mass is 28.4. The lowest BCUT2D eigenvalue weighted by Crippen LogP contribution is -2.64. The highest BCUT2D eigenvalue weighted by molar-refractivity contribution is 6.81. The van der Waals surface area contributed by atoms with Gasteiger partial charge in [0, 0.05) is 7.11 Å². The fraction of sp³-hybridized carbons (Fsp3) is 1.00. The molecule has 0 saturated heterocycles. The molecule has 1 fully saturated rings. The summed E-state index contributed by atoms with van der Waals surface area (Å²) < 4.78 is 8.50. The Morgan fingerprint density at radius 1 is 1.19 bits per heavy atom. The first-order valence-corrected chi connectivity index (χ1v) is 11.5. The van der Waals surface area contributed by atoms with Crippen molar-refractivity contribution in [3.8, 4) is 0 Å². The van der Waals surface area contributed by atoms with Gasteiger partial charge < -0.3 is 13.6 Å². The first kappa shape index (κ1) is 14.4. The van der Waals surface area contributed by atoms with Gasteiger partial charge in [0.2, 0.25) is 0 Å². The van der Waals surface area contributed by atoms with Gasteiger partial charge in [-0.3, -0.25) is 0 Å². The summed E-state index contributed by atoms with van der Waals surface area (Å²) >= 11 is 0. The number of rotatable bonds is 5. The molecule has 0 heterocycles. The Balaban J connectivity index is 2.76.